The van der Waals surface area contributed by atoms with Gasteiger partial charge in [-0.15, -0.1) is 0 Å². The number of halogens is 2. The summed E-state index contributed by atoms with van der Waals surface area (Å²) >= 11 is 5.69. The summed E-state index contributed by atoms with van der Waals surface area (Å²) in [6.07, 6.45) is 1.57. The molecule has 0 radical (unpaired) electrons. The van der Waals surface area contributed by atoms with Crippen LogP contribution in [0.1, 0.15) is 25.3 Å². The molecule has 4 nitrogen and oxygen atoms in total. The lowest BCUT2D eigenvalue weighted by molar-refractivity contribution is 0.555. The van der Waals surface area contributed by atoms with Crippen molar-refractivity contribution >= 4 is 21.6 Å². The zero-order valence-electron chi connectivity index (χ0n) is 9.83. The van der Waals surface area contributed by atoms with E-state index in [1.807, 2.05) is 0 Å². The Morgan fingerprint density at radius 1 is 1.50 bits per heavy atom. The fourth-order valence-electron chi connectivity index (χ4n) is 1.59. The number of nitrogens with one attached hydrogen (secondary N) is 1. The third-order valence-corrected chi connectivity index (χ3v) is 5.03. The number of nitrogens with two attached hydrogens (primary N) is 1. The molecule has 0 aliphatic heterocycles. The summed E-state index contributed by atoms with van der Waals surface area (Å²) in [4.78, 5) is -0.141. The van der Waals surface area contributed by atoms with E-state index in [2.05, 4.69) is 4.72 Å². The number of benzene rings is 1. The lowest BCUT2D eigenvalue weighted by Crippen LogP contribution is -2.34. The standard InChI is InChI=1S/C11H14ClFN2O2S/c1-11(2-3-11)15-18(16,17)8-4-7(6-14)10(12)9(13)5-8/h4-5,15H,2-3,6,14H2,1H3. The van der Waals surface area contributed by atoms with Crippen LogP contribution in [0.25, 0.3) is 0 Å². The molecule has 0 spiro atoms. The van der Waals surface area contributed by atoms with Gasteiger partial charge in [-0.1, -0.05) is 11.6 Å². The zero-order chi connectivity index (χ0) is 13.6. The summed E-state index contributed by atoms with van der Waals surface area (Å²) in [7, 11) is -3.73. The first-order valence-corrected chi connectivity index (χ1v) is 7.35. The second-order valence-electron chi connectivity index (χ2n) is 4.75. The van der Waals surface area contributed by atoms with Crippen molar-refractivity contribution in [2.45, 2.75) is 36.7 Å². The smallest absolute Gasteiger partial charge is 0.241 e. The molecule has 100 valence electrons. The summed E-state index contributed by atoms with van der Waals surface area (Å²) in [5.41, 5.74) is 5.28. The van der Waals surface area contributed by atoms with Gasteiger partial charge in [0.1, 0.15) is 5.82 Å². The molecule has 1 aliphatic carbocycles. The first-order chi connectivity index (χ1) is 8.27. The SMILES string of the molecule is CC1(NS(=O)(=O)c2cc(F)c(Cl)c(CN)c2)CC1. The first-order valence-electron chi connectivity index (χ1n) is 5.49. The van der Waals surface area contributed by atoms with Gasteiger partial charge in [-0.3, -0.25) is 0 Å². The van der Waals surface area contributed by atoms with Gasteiger partial charge < -0.3 is 5.73 Å². The second-order valence-corrected chi connectivity index (χ2v) is 6.81. The highest BCUT2D eigenvalue weighted by atomic mass is 35.5. The molecular weight excluding hydrogens is 279 g/mol. The Kier molecular flexibility index (Phi) is 3.40. The molecule has 1 saturated carbocycles. The maximum Gasteiger partial charge on any atom is 0.241 e. The highest BCUT2D eigenvalue weighted by Gasteiger charge is 2.41. The van der Waals surface area contributed by atoms with Gasteiger partial charge in [-0.25, -0.2) is 17.5 Å². The van der Waals surface area contributed by atoms with Crippen molar-refractivity contribution in [3.05, 3.63) is 28.5 Å². The fourth-order valence-corrected chi connectivity index (χ4v) is 3.31. The monoisotopic (exact) mass is 292 g/mol. The molecule has 0 aromatic heterocycles. The molecule has 1 fully saturated rings. The van der Waals surface area contributed by atoms with Crippen LogP contribution in [0.4, 0.5) is 4.39 Å². The van der Waals surface area contributed by atoms with Crippen molar-refractivity contribution < 1.29 is 12.8 Å². The molecule has 1 aromatic carbocycles. The quantitative estimate of drug-likeness (QED) is 0.888. The van der Waals surface area contributed by atoms with Gasteiger partial charge in [0.25, 0.3) is 0 Å². The van der Waals surface area contributed by atoms with E-state index in [0.717, 1.165) is 18.9 Å². The largest absolute Gasteiger partial charge is 0.326 e. The van der Waals surface area contributed by atoms with Crippen LogP contribution in [-0.4, -0.2) is 14.0 Å². The van der Waals surface area contributed by atoms with E-state index in [9.17, 15) is 12.8 Å². The van der Waals surface area contributed by atoms with Crippen LogP contribution < -0.4 is 10.5 Å². The minimum absolute atomic E-state index is 0.0175. The van der Waals surface area contributed by atoms with E-state index >= 15 is 0 Å². The molecule has 0 atom stereocenters. The van der Waals surface area contributed by atoms with Crippen LogP contribution in [0.3, 0.4) is 0 Å². The first kappa shape index (κ1) is 13.7. The van der Waals surface area contributed by atoms with E-state index in [-0.39, 0.29) is 22.0 Å². The maximum absolute atomic E-state index is 13.5. The highest BCUT2D eigenvalue weighted by molar-refractivity contribution is 7.89. The van der Waals surface area contributed by atoms with E-state index < -0.39 is 21.4 Å². The van der Waals surface area contributed by atoms with Crippen LogP contribution in [0.5, 0.6) is 0 Å². The van der Waals surface area contributed by atoms with Crippen molar-refractivity contribution in [1.29, 1.82) is 0 Å². The maximum atomic E-state index is 13.5. The van der Waals surface area contributed by atoms with Crippen molar-refractivity contribution in [2.75, 3.05) is 0 Å². The normalized spacial score (nSPS) is 17.8. The van der Waals surface area contributed by atoms with Crippen LogP contribution in [0.15, 0.2) is 17.0 Å². The number of rotatable bonds is 4. The molecule has 0 unspecified atom stereocenters. The molecule has 0 bridgehead atoms. The Balaban J connectivity index is 2.41. The Bertz CT molecular complexity index is 585. The van der Waals surface area contributed by atoms with Crippen molar-refractivity contribution in [3.63, 3.8) is 0 Å². The third-order valence-electron chi connectivity index (χ3n) is 2.99. The number of sulfonamides is 1. The van der Waals surface area contributed by atoms with Crippen LogP contribution >= 0.6 is 11.6 Å². The molecule has 3 N–H and O–H groups in total. The Labute approximate surface area is 110 Å². The summed E-state index contributed by atoms with van der Waals surface area (Å²) < 4.78 is 40.2. The van der Waals surface area contributed by atoms with E-state index in [4.69, 9.17) is 17.3 Å². The fraction of sp³-hybridized carbons (Fsp3) is 0.455. The van der Waals surface area contributed by atoms with Gasteiger partial charge in [0.2, 0.25) is 10.0 Å². The Morgan fingerprint density at radius 3 is 2.61 bits per heavy atom. The molecule has 1 aliphatic rings. The average molecular weight is 293 g/mol. The van der Waals surface area contributed by atoms with Gasteiger partial charge in [-0.05, 0) is 37.5 Å². The van der Waals surface area contributed by atoms with Crippen LogP contribution in [-0.2, 0) is 16.6 Å². The van der Waals surface area contributed by atoms with Gasteiger partial charge in [0.05, 0.1) is 9.92 Å². The van der Waals surface area contributed by atoms with E-state index in [1.165, 1.54) is 6.07 Å². The van der Waals surface area contributed by atoms with Crippen molar-refractivity contribution in [3.8, 4) is 0 Å². The molecular formula is C11H14ClFN2O2S. The summed E-state index contributed by atoms with van der Waals surface area (Å²) in [6, 6.07) is 2.22. The van der Waals surface area contributed by atoms with Gasteiger partial charge in [0, 0.05) is 12.1 Å². The molecule has 0 saturated heterocycles. The summed E-state index contributed by atoms with van der Waals surface area (Å²) in [5, 5.41) is -0.130. The number of hydrogen-bond donors (Lipinski definition) is 2. The Hall–Kier alpha value is -0.690. The highest BCUT2D eigenvalue weighted by Crippen LogP contribution is 2.36. The lowest BCUT2D eigenvalue weighted by atomic mass is 10.2. The average Bonchev–Trinajstić information content (AvgIpc) is 2.98. The van der Waals surface area contributed by atoms with Crippen LogP contribution in [0, 0.1) is 5.82 Å². The predicted molar refractivity (Wildman–Crippen MR) is 67.3 cm³/mol. The van der Waals surface area contributed by atoms with Gasteiger partial charge >= 0.3 is 0 Å². The van der Waals surface area contributed by atoms with E-state index in [1.54, 1.807) is 6.92 Å². The molecule has 2 rings (SSSR count). The summed E-state index contributed by atoms with van der Waals surface area (Å²) in [6.45, 7) is 1.79. The molecule has 0 heterocycles. The molecule has 18 heavy (non-hydrogen) atoms. The van der Waals surface area contributed by atoms with Gasteiger partial charge in [-0.2, -0.15) is 0 Å². The van der Waals surface area contributed by atoms with Crippen LogP contribution in [0.2, 0.25) is 5.02 Å². The minimum Gasteiger partial charge on any atom is -0.326 e. The molecule has 7 heteroatoms. The zero-order valence-corrected chi connectivity index (χ0v) is 11.4. The van der Waals surface area contributed by atoms with Gasteiger partial charge in [0.15, 0.2) is 0 Å². The number of hydrogen-bond acceptors (Lipinski definition) is 3. The van der Waals surface area contributed by atoms with E-state index in [0.29, 0.717) is 0 Å². The topological polar surface area (TPSA) is 72.2 Å². The Morgan fingerprint density at radius 2 is 2.11 bits per heavy atom. The predicted octanol–water partition coefficient (Wildman–Crippen LogP) is 1.77. The minimum atomic E-state index is -3.73. The second kappa shape index (κ2) is 4.45. The molecule has 0 amide bonds. The van der Waals surface area contributed by atoms with Crippen molar-refractivity contribution in [2.24, 2.45) is 5.73 Å². The van der Waals surface area contributed by atoms with Crippen molar-refractivity contribution in [1.82, 2.24) is 4.72 Å². The molecule has 1 aromatic rings. The summed E-state index contributed by atoms with van der Waals surface area (Å²) in [5.74, 6) is -0.777. The lowest BCUT2D eigenvalue weighted by Gasteiger charge is -2.13. The third kappa shape index (κ3) is 2.66.